The van der Waals surface area contributed by atoms with Crippen LogP contribution in [-0.2, 0) is 19.4 Å². The van der Waals surface area contributed by atoms with Gasteiger partial charge in [-0.2, -0.15) is 0 Å². The second-order valence-electron chi connectivity index (χ2n) is 11.4. The molecule has 0 aromatic carbocycles. The van der Waals surface area contributed by atoms with Crippen molar-refractivity contribution < 1.29 is 22.7 Å². The van der Waals surface area contributed by atoms with Crippen LogP contribution < -0.4 is 0 Å². The molecule has 0 aromatic rings. The van der Waals surface area contributed by atoms with E-state index in [1.807, 2.05) is 30.6 Å². The number of carbonyl (C=O) groups excluding carboxylic acids is 2. The Morgan fingerprint density at radius 3 is 2.15 bits per heavy atom. The maximum absolute atomic E-state index is 12.9. The van der Waals surface area contributed by atoms with Gasteiger partial charge < -0.3 is 14.5 Å². The molecule has 2 amide bonds. The van der Waals surface area contributed by atoms with Crippen LogP contribution in [0.15, 0.2) is 0 Å². The van der Waals surface area contributed by atoms with Gasteiger partial charge >= 0.3 is 6.09 Å². The summed E-state index contributed by atoms with van der Waals surface area (Å²) in [6.07, 6.45) is 7.98. The molecule has 1 heterocycles. The Bertz CT molecular complexity index is 832. The molecule has 7 nitrogen and oxygen atoms in total. The van der Waals surface area contributed by atoms with Gasteiger partial charge in [-0.3, -0.25) is 4.79 Å². The van der Waals surface area contributed by atoms with Crippen molar-refractivity contribution >= 4 is 21.8 Å². The number of piperazine rings is 1. The average molecular weight is 483 g/mol. The van der Waals surface area contributed by atoms with Gasteiger partial charge in [0.25, 0.3) is 0 Å². The highest BCUT2D eigenvalue weighted by atomic mass is 32.2. The molecule has 3 saturated carbocycles. The number of ether oxygens (including phenoxy) is 1. The van der Waals surface area contributed by atoms with Crippen molar-refractivity contribution in [1.29, 1.82) is 0 Å². The van der Waals surface area contributed by atoms with Gasteiger partial charge in [0.05, 0.1) is 29.2 Å². The fourth-order valence-corrected chi connectivity index (χ4v) is 9.03. The van der Waals surface area contributed by atoms with Crippen LogP contribution in [0.4, 0.5) is 4.79 Å². The largest absolute Gasteiger partial charge is 0.447 e. The molecule has 0 spiro atoms. The smallest absolute Gasteiger partial charge is 0.410 e. The van der Waals surface area contributed by atoms with E-state index in [1.54, 1.807) is 6.92 Å². The number of hydrogen-bond acceptors (Lipinski definition) is 5. The van der Waals surface area contributed by atoms with Crippen LogP contribution in [0.5, 0.6) is 0 Å². The second-order valence-corrected chi connectivity index (χ2v) is 13.7. The van der Waals surface area contributed by atoms with Crippen LogP contribution in [0.25, 0.3) is 0 Å². The maximum Gasteiger partial charge on any atom is 0.410 e. The van der Waals surface area contributed by atoms with Gasteiger partial charge in [-0.25, -0.2) is 13.2 Å². The van der Waals surface area contributed by atoms with Gasteiger partial charge in [0.2, 0.25) is 5.91 Å². The zero-order valence-corrected chi connectivity index (χ0v) is 21.6. The fourth-order valence-electron chi connectivity index (χ4n) is 6.78. The van der Waals surface area contributed by atoms with Gasteiger partial charge in [-0.1, -0.05) is 0 Å². The van der Waals surface area contributed by atoms with Crippen LogP contribution in [0.3, 0.4) is 0 Å². The summed E-state index contributed by atoms with van der Waals surface area (Å²) in [5.74, 6) is 1.86. The molecule has 4 fully saturated rings. The Hall–Kier alpha value is -1.31. The minimum Gasteiger partial charge on any atom is -0.447 e. The summed E-state index contributed by atoms with van der Waals surface area (Å²) in [4.78, 5) is 29.3. The molecule has 1 saturated heterocycles. The van der Waals surface area contributed by atoms with E-state index in [1.165, 1.54) is 0 Å². The highest BCUT2D eigenvalue weighted by Crippen LogP contribution is 2.44. The Morgan fingerprint density at radius 2 is 1.58 bits per heavy atom. The van der Waals surface area contributed by atoms with Gasteiger partial charge in [0, 0.05) is 19.5 Å². The van der Waals surface area contributed by atoms with E-state index in [-0.39, 0.29) is 41.5 Å². The van der Waals surface area contributed by atoms with Crippen molar-refractivity contribution in [3.05, 3.63) is 0 Å². The van der Waals surface area contributed by atoms with E-state index in [2.05, 4.69) is 0 Å². The third-order valence-corrected chi connectivity index (χ3v) is 10.9. The van der Waals surface area contributed by atoms with E-state index in [0.29, 0.717) is 30.1 Å². The standard InChI is InChI=1S/C25H42N2O5S/c1-16(2)32-25(29)26-14-17(3)27(18(4)28)23-12-9-21(13-24(23)26)20-7-10-22(11-8-20)33(30,31)15-19-5-6-19/h16-17,19-24H,5-15H2,1-4H3/t17-,20?,21?,22?,23?,24?/m0/s1. The van der Waals surface area contributed by atoms with Crippen LogP contribution in [0.1, 0.15) is 85.5 Å². The molecular weight excluding hydrogens is 440 g/mol. The first-order chi connectivity index (χ1) is 15.6. The molecule has 188 valence electrons. The lowest BCUT2D eigenvalue weighted by Gasteiger charge is -2.54. The number of hydrogen-bond donors (Lipinski definition) is 0. The Kier molecular flexibility index (Phi) is 7.32. The van der Waals surface area contributed by atoms with Crippen LogP contribution in [0.2, 0.25) is 0 Å². The molecule has 0 radical (unpaired) electrons. The van der Waals surface area contributed by atoms with E-state index in [4.69, 9.17) is 4.74 Å². The molecule has 4 atom stereocenters. The van der Waals surface area contributed by atoms with Crippen molar-refractivity contribution in [1.82, 2.24) is 9.80 Å². The van der Waals surface area contributed by atoms with Crippen LogP contribution >= 0.6 is 0 Å². The van der Waals surface area contributed by atoms with Crippen molar-refractivity contribution in [2.75, 3.05) is 12.3 Å². The maximum atomic E-state index is 12.9. The van der Waals surface area contributed by atoms with Gasteiger partial charge in [0.15, 0.2) is 9.84 Å². The summed E-state index contributed by atoms with van der Waals surface area (Å²) in [5.41, 5.74) is 0. The zero-order chi connectivity index (χ0) is 23.9. The Morgan fingerprint density at radius 1 is 0.939 bits per heavy atom. The molecule has 3 unspecified atom stereocenters. The van der Waals surface area contributed by atoms with Crippen molar-refractivity contribution in [2.24, 2.45) is 17.8 Å². The first-order valence-corrected chi connectivity index (χ1v) is 14.8. The summed E-state index contributed by atoms with van der Waals surface area (Å²) in [5, 5.41) is -0.160. The minimum absolute atomic E-state index is 0.0212. The lowest BCUT2D eigenvalue weighted by molar-refractivity contribution is -0.142. The molecule has 0 N–H and O–H groups in total. The monoisotopic (exact) mass is 482 g/mol. The predicted molar refractivity (Wildman–Crippen MR) is 127 cm³/mol. The quantitative estimate of drug-likeness (QED) is 0.591. The second kappa shape index (κ2) is 9.74. The van der Waals surface area contributed by atoms with Gasteiger partial charge in [0.1, 0.15) is 0 Å². The van der Waals surface area contributed by atoms with E-state index in [9.17, 15) is 18.0 Å². The number of carbonyl (C=O) groups is 2. The molecule has 1 aliphatic heterocycles. The summed E-state index contributed by atoms with van der Waals surface area (Å²) in [6, 6.07) is -0.00369. The van der Waals surface area contributed by atoms with Crippen molar-refractivity contribution in [3.63, 3.8) is 0 Å². The molecule has 3 aliphatic carbocycles. The van der Waals surface area contributed by atoms with Crippen LogP contribution in [0, 0.1) is 17.8 Å². The minimum atomic E-state index is -2.96. The number of nitrogens with zero attached hydrogens (tertiary/aromatic N) is 2. The van der Waals surface area contributed by atoms with E-state index < -0.39 is 9.84 Å². The normalized spacial score (nSPS) is 35.3. The summed E-state index contributed by atoms with van der Waals surface area (Å²) in [7, 11) is -2.96. The summed E-state index contributed by atoms with van der Waals surface area (Å²) >= 11 is 0. The third kappa shape index (κ3) is 5.51. The molecule has 0 aromatic heterocycles. The summed E-state index contributed by atoms with van der Waals surface area (Å²) < 4.78 is 31.1. The topological polar surface area (TPSA) is 84.0 Å². The predicted octanol–water partition coefficient (Wildman–Crippen LogP) is 4.00. The number of rotatable bonds is 5. The molecule has 4 rings (SSSR count). The van der Waals surface area contributed by atoms with Crippen molar-refractivity contribution in [3.8, 4) is 0 Å². The fraction of sp³-hybridized carbons (Fsp3) is 0.920. The molecule has 33 heavy (non-hydrogen) atoms. The first-order valence-electron chi connectivity index (χ1n) is 13.0. The molecule has 0 bridgehead atoms. The Balaban J connectivity index is 1.43. The lowest BCUT2D eigenvalue weighted by atomic mass is 9.69. The van der Waals surface area contributed by atoms with Crippen molar-refractivity contribution in [2.45, 2.75) is 115 Å². The van der Waals surface area contributed by atoms with Gasteiger partial charge in [-0.05, 0) is 96.3 Å². The zero-order valence-electron chi connectivity index (χ0n) is 20.7. The summed E-state index contributed by atoms with van der Waals surface area (Å²) in [6.45, 7) is 7.88. The highest BCUT2D eigenvalue weighted by Gasteiger charge is 2.48. The highest BCUT2D eigenvalue weighted by molar-refractivity contribution is 7.92. The Labute approximate surface area is 199 Å². The van der Waals surface area contributed by atoms with E-state index in [0.717, 1.165) is 57.8 Å². The average Bonchev–Trinajstić information content (AvgIpc) is 3.55. The third-order valence-electron chi connectivity index (χ3n) is 8.51. The molecule has 4 aliphatic rings. The van der Waals surface area contributed by atoms with Gasteiger partial charge in [-0.15, -0.1) is 0 Å². The number of sulfone groups is 1. The number of amides is 2. The molecular formula is C25H42N2O5S. The van der Waals surface area contributed by atoms with E-state index >= 15 is 0 Å². The molecule has 8 heteroatoms. The lowest BCUT2D eigenvalue weighted by Crippen LogP contribution is -2.67. The number of fused-ring (bicyclic) bond motifs is 1. The van der Waals surface area contributed by atoms with Crippen LogP contribution in [-0.4, -0.2) is 72.0 Å². The SMILES string of the molecule is CC(=O)N1C2CCC(C3CCC(S(=O)(=O)CC4CC4)CC3)CC2N(C(=O)OC(C)C)C[C@@H]1C. The first kappa shape index (κ1) is 24.8.